The highest BCUT2D eigenvalue weighted by atomic mass is 16.4. The minimum atomic E-state index is -1.71. The fraction of sp³-hybridized carbons (Fsp3) is 0.952. The van der Waals surface area contributed by atoms with Crippen LogP contribution >= 0.6 is 0 Å². The molecule has 0 amide bonds. The Morgan fingerprint density at radius 2 is 1.14 bits per heavy atom. The molecule has 0 heterocycles. The summed E-state index contributed by atoms with van der Waals surface area (Å²) >= 11 is 0. The van der Waals surface area contributed by atoms with Gasteiger partial charge in [-0.1, -0.05) is 90.9 Å². The van der Waals surface area contributed by atoms with Crippen LogP contribution in [0, 0.1) is 0 Å². The van der Waals surface area contributed by atoms with Crippen LogP contribution in [0.25, 0.3) is 0 Å². The van der Waals surface area contributed by atoms with Crippen molar-refractivity contribution in [2.75, 3.05) is 13.2 Å². The highest BCUT2D eigenvalue weighted by molar-refractivity contribution is 5.67. The van der Waals surface area contributed by atoms with Crippen molar-refractivity contribution in [3.8, 4) is 0 Å². The highest BCUT2D eigenvalue weighted by Gasteiger charge is 2.44. The molecule has 0 rings (SSSR count). The van der Waals surface area contributed by atoms with Gasteiger partial charge in [0.05, 0.1) is 6.61 Å². The minimum absolute atomic E-state index is 0.225. The lowest BCUT2D eigenvalue weighted by atomic mass is 9.84. The standard InChI is InChI=1S/C19H41NO3.C2H4O3/c1-3-5-6-7-8-9-10-11-12-13-14-15-16-18(22,17-21)19(20,23)4-2;3-1-2(4)5/h21-23H,3-17,20H2,1-2H3;3H,1H2,(H,4,5). The van der Waals surface area contributed by atoms with Gasteiger partial charge in [-0.15, -0.1) is 0 Å². The molecule has 0 saturated heterocycles. The van der Waals surface area contributed by atoms with Crippen molar-refractivity contribution in [2.45, 2.75) is 115 Å². The van der Waals surface area contributed by atoms with E-state index in [2.05, 4.69) is 6.92 Å². The number of rotatable bonds is 17. The second-order valence-electron chi connectivity index (χ2n) is 7.66. The number of aliphatic hydroxyl groups is 4. The van der Waals surface area contributed by atoms with E-state index in [0.29, 0.717) is 6.42 Å². The van der Waals surface area contributed by atoms with Crippen molar-refractivity contribution in [1.29, 1.82) is 0 Å². The predicted molar refractivity (Wildman–Crippen MR) is 112 cm³/mol. The molecule has 7 nitrogen and oxygen atoms in total. The molecular weight excluding hydrogens is 362 g/mol. The second kappa shape index (κ2) is 18.3. The van der Waals surface area contributed by atoms with Crippen LogP contribution in [-0.2, 0) is 4.79 Å². The first-order chi connectivity index (χ1) is 13.2. The number of nitrogens with two attached hydrogens (primary N) is 1. The normalized spacial score (nSPS) is 15.2. The molecule has 7 N–H and O–H groups in total. The van der Waals surface area contributed by atoms with Crippen LogP contribution < -0.4 is 5.73 Å². The van der Waals surface area contributed by atoms with Crippen LogP contribution in [0.4, 0.5) is 0 Å². The largest absolute Gasteiger partial charge is 0.480 e. The summed E-state index contributed by atoms with van der Waals surface area (Å²) in [5.41, 5.74) is 2.40. The van der Waals surface area contributed by atoms with Crippen LogP contribution in [0.3, 0.4) is 0 Å². The fourth-order valence-corrected chi connectivity index (χ4v) is 3.02. The molecular formula is C21H45NO6. The summed E-state index contributed by atoms with van der Waals surface area (Å²) in [7, 11) is 0. The summed E-state index contributed by atoms with van der Waals surface area (Å²) < 4.78 is 0. The van der Waals surface area contributed by atoms with E-state index in [1.165, 1.54) is 57.8 Å². The van der Waals surface area contributed by atoms with Gasteiger partial charge in [-0.25, -0.2) is 4.79 Å². The van der Waals surface area contributed by atoms with E-state index in [1.54, 1.807) is 6.92 Å². The Bertz CT molecular complexity index is 365. The first-order valence-corrected chi connectivity index (χ1v) is 10.9. The van der Waals surface area contributed by atoms with Crippen molar-refractivity contribution in [3.63, 3.8) is 0 Å². The Morgan fingerprint density at radius 3 is 1.43 bits per heavy atom. The van der Waals surface area contributed by atoms with E-state index in [9.17, 15) is 15.3 Å². The van der Waals surface area contributed by atoms with Crippen molar-refractivity contribution in [3.05, 3.63) is 0 Å². The summed E-state index contributed by atoms with van der Waals surface area (Å²) in [4.78, 5) is 9.12. The zero-order valence-electron chi connectivity index (χ0n) is 18.0. The summed E-state index contributed by atoms with van der Waals surface area (Å²) in [6.07, 6.45) is 15.5. The third-order valence-electron chi connectivity index (χ3n) is 5.19. The number of unbranched alkanes of at least 4 members (excludes halogenated alkanes) is 11. The molecule has 0 bridgehead atoms. The Labute approximate surface area is 171 Å². The number of carbonyl (C=O) groups is 1. The third-order valence-corrected chi connectivity index (χ3v) is 5.19. The first kappa shape index (κ1) is 29.5. The Morgan fingerprint density at radius 1 is 0.786 bits per heavy atom. The van der Waals surface area contributed by atoms with Crippen molar-refractivity contribution in [2.24, 2.45) is 5.73 Å². The number of hydrogen-bond acceptors (Lipinski definition) is 6. The zero-order valence-corrected chi connectivity index (χ0v) is 18.0. The van der Waals surface area contributed by atoms with E-state index in [-0.39, 0.29) is 6.42 Å². The third kappa shape index (κ3) is 15.2. The molecule has 0 aliphatic carbocycles. The molecule has 0 aromatic heterocycles. The van der Waals surface area contributed by atoms with Gasteiger partial charge in [0.25, 0.3) is 0 Å². The van der Waals surface area contributed by atoms with E-state index < -0.39 is 30.5 Å². The lowest BCUT2D eigenvalue weighted by molar-refractivity contribution is -0.175. The molecule has 0 aromatic rings. The number of aliphatic carboxylic acids is 1. The Balaban J connectivity index is 0. The monoisotopic (exact) mass is 407 g/mol. The van der Waals surface area contributed by atoms with Gasteiger partial charge in [0, 0.05) is 0 Å². The van der Waals surface area contributed by atoms with Crippen molar-refractivity contribution < 1.29 is 30.3 Å². The van der Waals surface area contributed by atoms with Gasteiger partial charge in [-0.05, 0) is 12.8 Å². The van der Waals surface area contributed by atoms with Crippen LogP contribution in [0.15, 0.2) is 0 Å². The van der Waals surface area contributed by atoms with Crippen molar-refractivity contribution >= 4 is 5.97 Å². The molecule has 0 fully saturated rings. The highest BCUT2D eigenvalue weighted by Crippen LogP contribution is 2.27. The van der Waals surface area contributed by atoms with Gasteiger partial charge in [0.1, 0.15) is 17.9 Å². The minimum Gasteiger partial charge on any atom is -0.480 e. The maximum Gasteiger partial charge on any atom is 0.329 e. The molecule has 28 heavy (non-hydrogen) atoms. The molecule has 170 valence electrons. The number of aliphatic hydroxyl groups excluding tert-OH is 2. The fourth-order valence-electron chi connectivity index (χ4n) is 3.02. The van der Waals surface area contributed by atoms with Gasteiger partial charge in [-0.2, -0.15) is 0 Å². The average Bonchev–Trinajstić information content (AvgIpc) is 2.68. The summed E-state index contributed by atoms with van der Waals surface area (Å²) in [6, 6.07) is 0. The zero-order chi connectivity index (χ0) is 21.9. The molecule has 0 aliphatic rings. The van der Waals surface area contributed by atoms with E-state index >= 15 is 0 Å². The SMILES string of the molecule is CCCCCCCCCCCCCCC(O)(CO)C(N)(O)CC.O=C(O)CO. The number of carboxylic acid groups (broad SMARTS) is 1. The average molecular weight is 408 g/mol. The lowest BCUT2D eigenvalue weighted by Crippen LogP contribution is -2.62. The summed E-state index contributed by atoms with van der Waals surface area (Å²) in [5, 5.41) is 44.6. The molecule has 2 atom stereocenters. The van der Waals surface area contributed by atoms with Gasteiger partial charge < -0.3 is 31.3 Å². The molecule has 0 aromatic carbocycles. The van der Waals surface area contributed by atoms with Crippen LogP contribution in [0.1, 0.15) is 104 Å². The van der Waals surface area contributed by atoms with E-state index in [0.717, 1.165) is 19.3 Å². The summed E-state index contributed by atoms with van der Waals surface area (Å²) in [5.74, 6) is -1.19. The molecule has 0 spiro atoms. The molecule has 0 saturated carbocycles. The van der Waals surface area contributed by atoms with Crippen LogP contribution in [0.2, 0.25) is 0 Å². The van der Waals surface area contributed by atoms with Crippen LogP contribution in [0.5, 0.6) is 0 Å². The van der Waals surface area contributed by atoms with E-state index in [1.807, 2.05) is 0 Å². The van der Waals surface area contributed by atoms with Gasteiger partial charge >= 0.3 is 5.97 Å². The molecule has 0 radical (unpaired) electrons. The predicted octanol–water partition coefficient (Wildman–Crippen LogP) is 2.92. The lowest BCUT2D eigenvalue weighted by Gasteiger charge is -2.39. The molecule has 7 heteroatoms. The molecule has 0 aliphatic heterocycles. The molecule has 2 unspecified atom stereocenters. The summed E-state index contributed by atoms with van der Waals surface area (Å²) in [6.45, 7) is 2.69. The Hall–Kier alpha value is -0.730. The van der Waals surface area contributed by atoms with Crippen LogP contribution in [-0.4, -0.2) is 56.0 Å². The van der Waals surface area contributed by atoms with Gasteiger partial charge in [0.15, 0.2) is 0 Å². The maximum atomic E-state index is 10.3. The Kier molecular flexibility index (Phi) is 19.3. The topological polar surface area (TPSA) is 144 Å². The van der Waals surface area contributed by atoms with Crippen molar-refractivity contribution in [1.82, 2.24) is 0 Å². The quantitative estimate of drug-likeness (QED) is 0.161. The smallest absolute Gasteiger partial charge is 0.329 e. The maximum absolute atomic E-state index is 10.3. The second-order valence-corrected chi connectivity index (χ2v) is 7.66. The van der Waals surface area contributed by atoms with Gasteiger partial charge in [0.2, 0.25) is 0 Å². The number of carboxylic acids is 1. The van der Waals surface area contributed by atoms with E-state index in [4.69, 9.17) is 20.7 Å². The first-order valence-electron chi connectivity index (χ1n) is 10.9. The number of hydrogen-bond donors (Lipinski definition) is 6. The van der Waals surface area contributed by atoms with Gasteiger partial charge in [-0.3, -0.25) is 0 Å².